The molecule has 0 bridgehead atoms. The summed E-state index contributed by atoms with van der Waals surface area (Å²) in [5.41, 5.74) is 4.86. The predicted octanol–water partition coefficient (Wildman–Crippen LogP) is 6.68. The molecule has 0 spiro atoms. The highest BCUT2D eigenvalue weighted by molar-refractivity contribution is 5.82. The Labute approximate surface area is 179 Å². The van der Waals surface area contributed by atoms with Gasteiger partial charge in [-0.05, 0) is 38.0 Å². The van der Waals surface area contributed by atoms with Crippen molar-refractivity contribution in [2.45, 2.75) is 97.8 Å². The Hall–Kier alpha value is -1.84. The molecule has 0 heterocycles. The molecule has 0 radical (unpaired) electrons. The normalized spacial score (nSPS) is 11.1. The van der Waals surface area contributed by atoms with Crippen molar-refractivity contribution in [1.82, 2.24) is 5.43 Å². The lowest BCUT2D eigenvalue weighted by atomic mass is 10.1. The Bertz CT molecular complexity index is 550. The summed E-state index contributed by atoms with van der Waals surface area (Å²) in [5, 5.41) is 4.09. The van der Waals surface area contributed by atoms with Crippen molar-refractivity contribution in [3.63, 3.8) is 0 Å². The largest absolute Gasteiger partial charge is 0.372 e. The SMILES string of the molecule is CCCCCCCCCCCCCC(=O)N/N=C/c1ccc(N(CC)CC)cc1. The van der Waals surface area contributed by atoms with Crippen LogP contribution in [0.25, 0.3) is 0 Å². The molecule has 0 aliphatic heterocycles. The number of nitrogens with zero attached hydrogens (tertiary/aromatic N) is 2. The van der Waals surface area contributed by atoms with Crippen LogP contribution >= 0.6 is 0 Å². The molecule has 0 aliphatic carbocycles. The van der Waals surface area contributed by atoms with Crippen molar-refractivity contribution in [3.8, 4) is 0 Å². The summed E-state index contributed by atoms with van der Waals surface area (Å²) in [6, 6.07) is 8.27. The first-order valence-electron chi connectivity index (χ1n) is 11.9. The number of benzene rings is 1. The van der Waals surface area contributed by atoms with Crippen molar-refractivity contribution in [2.75, 3.05) is 18.0 Å². The van der Waals surface area contributed by atoms with E-state index in [1.54, 1.807) is 6.21 Å². The fourth-order valence-corrected chi connectivity index (χ4v) is 3.54. The number of anilines is 1. The number of hydrogen-bond acceptors (Lipinski definition) is 3. The molecule has 1 amide bonds. The summed E-state index contributed by atoms with van der Waals surface area (Å²) in [4.78, 5) is 14.2. The number of hydrazone groups is 1. The molecule has 0 aromatic heterocycles. The van der Waals surface area contributed by atoms with Gasteiger partial charge >= 0.3 is 0 Å². The first-order valence-corrected chi connectivity index (χ1v) is 11.9. The summed E-state index contributed by atoms with van der Waals surface area (Å²) >= 11 is 0. The smallest absolute Gasteiger partial charge is 0.240 e. The summed E-state index contributed by atoms with van der Waals surface area (Å²) in [7, 11) is 0. The molecule has 4 nitrogen and oxygen atoms in total. The van der Waals surface area contributed by atoms with Gasteiger partial charge in [0.1, 0.15) is 0 Å². The molecule has 0 aliphatic rings. The van der Waals surface area contributed by atoms with Crippen LogP contribution in [0.2, 0.25) is 0 Å². The quantitative estimate of drug-likeness (QED) is 0.180. The maximum atomic E-state index is 11.9. The second kappa shape index (κ2) is 17.1. The number of hydrogen-bond donors (Lipinski definition) is 1. The number of carbonyl (C=O) groups excluding carboxylic acids is 1. The van der Waals surface area contributed by atoms with Gasteiger partial charge in [0.2, 0.25) is 5.91 Å². The first-order chi connectivity index (χ1) is 14.2. The summed E-state index contributed by atoms with van der Waals surface area (Å²) in [6.45, 7) is 8.57. The first kappa shape index (κ1) is 25.2. The Balaban J connectivity index is 2.06. The zero-order valence-electron chi connectivity index (χ0n) is 19.1. The second-order valence-corrected chi connectivity index (χ2v) is 7.84. The van der Waals surface area contributed by atoms with E-state index in [9.17, 15) is 4.79 Å². The van der Waals surface area contributed by atoms with Gasteiger partial charge in [0.05, 0.1) is 6.21 Å². The van der Waals surface area contributed by atoms with E-state index >= 15 is 0 Å². The van der Waals surface area contributed by atoms with Crippen molar-refractivity contribution in [2.24, 2.45) is 5.10 Å². The van der Waals surface area contributed by atoms with Crippen LogP contribution in [0.15, 0.2) is 29.4 Å². The second-order valence-electron chi connectivity index (χ2n) is 7.84. The van der Waals surface area contributed by atoms with Crippen LogP contribution < -0.4 is 10.3 Å². The highest BCUT2D eigenvalue weighted by atomic mass is 16.2. The van der Waals surface area contributed by atoms with Gasteiger partial charge in [-0.3, -0.25) is 4.79 Å². The average molecular weight is 402 g/mol. The molecule has 0 saturated carbocycles. The molecular formula is C25H43N3O. The molecule has 4 heteroatoms. The van der Waals surface area contributed by atoms with Gasteiger partial charge < -0.3 is 4.90 Å². The number of nitrogens with one attached hydrogen (secondary N) is 1. The van der Waals surface area contributed by atoms with Gasteiger partial charge in [0, 0.05) is 25.2 Å². The number of carbonyl (C=O) groups is 1. The summed E-state index contributed by atoms with van der Waals surface area (Å²) in [5.74, 6) is 0.0111. The predicted molar refractivity (Wildman–Crippen MR) is 127 cm³/mol. The van der Waals surface area contributed by atoms with Gasteiger partial charge in [-0.15, -0.1) is 0 Å². The molecule has 1 N–H and O–H groups in total. The minimum atomic E-state index is 0.0111. The van der Waals surface area contributed by atoms with Crippen molar-refractivity contribution < 1.29 is 4.79 Å². The van der Waals surface area contributed by atoms with E-state index in [1.165, 1.54) is 63.5 Å². The molecule has 1 aromatic rings. The Morgan fingerprint density at radius 2 is 1.34 bits per heavy atom. The molecule has 1 rings (SSSR count). The minimum absolute atomic E-state index is 0.0111. The van der Waals surface area contributed by atoms with Gasteiger partial charge in [0.25, 0.3) is 0 Å². The van der Waals surface area contributed by atoms with E-state index in [0.29, 0.717) is 6.42 Å². The molecule has 0 atom stereocenters. The molecule has 0 fully saturated rings. The molecule has 29 heavy (non-hydrogen) atoms. The van der Waals surface area contributed by atoms with Crippen LogP contribution in [0.5, 0.6) is 0 Å². The van der Waals surface area contributed by atoms with Crippen molar-refractivity contribution in [3.05, 3.63) is 29.8 Å². The molecule has 0 saturated heterocycles. The van der Waals surface area contributed by atoms with Gasteiger partial charge in [-0.2, -0.15) is 5.10 Å². The van der Waals surface area contributed by atoms with Gasteiger partial charge in [-0.25, -0.2) is 5.43 Å². The van der Waals surface area contributed by atoms with Crippen molar-refractivity contribution in [1.29, 1.82) is 0 Å². The fourth-order valence-electron chi connectivity index (χ4n) is 3.54. The Kier molecular flexibility index (Phi) is 14.8. The zero-order chi connectivity index (χ0) is 21.2. The van der Waals surface area contributed by atoms with Gasteiger partial charge in [-0.1, -0.05) is 83.3 Å². The fraction of sp³-hybridized carbons (Fsp3) is 0.680. The molecule has 0 unspecified atom stereocenters. The maximum absolute atomic E-state index is 11.9. The zero-order valence-corrected chi connectivity index (χ0v) is 19.1. The maximum Gasteiger partial charge on any atom is 0.240 e. The monoisotopic (exact) mass is 401 g/mol. The van der Waals surface area contributed by atoms with Crippen LogP contribution in [0.1, 0.15) is 103 Å². The molecular weight excluding hydrogens is 358 g/mol. The third-order valence-corrected chi connectivity index (χ3v) is 5.43. The molecule has 164 valence electrons. The Morgan fingerprint density at radius 1 is 0.828 bits per heavy atom. The number of rotatable bonds is 17. The summed E-state index contributed by atoms with van der Waals surface area (Å²) < 4.78 is 0. The van der Waals surface area contributed by atoms with E-state index in [1.807, 2.05) is 12.1 Å². The number of amides is 1. The number of unbranched alkanes of at least 4 members (excludes halogenated alkanes) is 10. The topological polar surface area (TPSA) is 44.7 Å². The van der Waals surface area contributed by atoms with Crippen LogP contribution in [0, 0.1) is 0 Å². The average Bonchev–Trinajstić information content (AvgIpc) is 2.74. The van der Waals surface area contributed by atoms with Crippen LogP contribution in [0.4, 0.5) is 5.69 Å². The summed E-state index contributed by atoms with van der Waals surface area (Å²) in [6.07, 6.45) is 16.5. The van der Waals surface area contributed by atoms with E-state index in [-0.39, 0.29) is 5.91 Å². The van der Waals surface area contributed by atoms with E-state index in [4.69, 9.17) is 0 Å². The standard InChI is InChI=1S/C25H43N3O/c1-4-7-8-9-10-11-12-13-14-15-16-17-25(29)27-26-22-23-18-20-24(21-19-23)28(5-2)6-3/h18-22H,4-17H2,1-3H3,(H,27,29)/b26-22+. The van der Waals surface area contributed by atoms with Crippen LogP contribution in [0.3, 0.4) is 0 Å². The van der Waals surface area contributed by atoms with E-state index in [2.05, 4.69) is 48.3 Å². The lowest BCUT2D eigenvalue weighted by molar-refractivity contribution is -0.121. The highest BCUT2D eigenvalue weighted by Gasteiger charge is 2.01. The van der Waals surface area contributed by atoms with Crippen LogP contribution in [-0.4, -0.2) is 25.2 Å². The third kappa shape index (κ3) is 12.4. The van der Waals surface area contributed by atoms with Gasteiger partial charge in [0.15, 0.2) is 0 Å². The lowest BCUT2D eigenvalue weighted by Crippen LogP contribution is -2.21. The van der Waals surface area contributed by atoms with Crippen molar-refractivity contribution >= 4 is 17.8 Å². The van der Waals surface area contributed by atoms with Crippen LogP contribution in [-0.2, 0) is 4.79 Å². The Morgan fingerprint density at radius 3 is 1.86 bits per heavy atom. The molecule has 1 aromatic carbocycles. The minimum Gasteiger partial charge on any atom is -0.372 e. The third-order valence-electron chi connectivity index (χ3n) is 5.43. The van der Waals surface area contributed by atoms with E-state index < -0.39 is 0 Å². The van der Waals surface area contributed by atoms with E-state index in [0.717, 1.165) is 31.5 Å². The highest BCUT2D eigenvalue weighted by Crippen LogP contribution is 2.14. The lowest BCUT2D eigenvalue weighted by Gasteiger charge is -2.20.